The molecule has 0 aromatic heterocycles. The van der Waals surface area contributed by atoms with Gasteiger partial charge in [-0.3, -0.25) is 14.4 Å². The lowest BCUT2D eigenvalue weighted by Crippen LogP contribution is -2.32. The molecule has 3 aromatic carbocycles. The molecular weight excluding hydrogens is 579 g/mol. The average molecular weight is 590 g/mol. The van der Waals surface area contributed by atoms with E-state index in [2.05, 4.69) is 10.6 Å². The number of halogens is 6. The van der Waals surface area contributed by atoms with Gasteiger partial charge in [-0.05, 0) is 48.5 Å². The smallest absolute Gasteiger partial charge is 0.283 e. The SMILES string of the molecule is O=C(Nc1ccc(Cl)cc1Cl)c1cccc(NC2=C(Cl)C(=O)N(c3cc(Cl)c(Cl)cc3Cl)C2=O)c1. The van der Waals surface area contributed by atoms with Crippen molar-refractivity contribution in [1.29, 1.82) is 0 Å². The normalized spacial score (nSPS) is 13.5. The van der Waals surface area contributed by atoms with Crippen molar-refractivity contribution in [3.63, 3.8) is 0 Å². The summed E-state index contributed by atoms with van der Waals surface area (Å²) >= 11 is 36.3. The van der Waals surface area contributed by atoms with Crippen LogP contribution in [0.25, 0.3) is 0 Å². The van der Waals surface area contributed by atoms with Gasteiger partial charge in [0.2, 0.25) is 0 Å². The number of benzene rings is 3. The second-order valence-electron chi connectivity index (χ2n) is 7.14. The van der Waals surface area contributed by atoms with E-state index < -0.39 is 17.7 Å². The van der Waals surface area contributed by atoms with Crippen molar-refractivity contribution >= 4 is 104 Å². The van der Waals surface area contributed by atoms with E-state index in [0.717, 1.165) is 4.90 Å². The Labute approximate surface area is 229 Å². The maximum atomic E-state index is 13.1. The van der Waals surface area contributed by atoms with Crippen molar-refractivity contribution in [2.75, 3.05) is 15.5 Å². The third-order valence-corrected chi connectivity index (χ3v) is 6.75. The van der Waals surface area contributed by atoms with Gasteiger partial charge in [-0.2, -0.15) is 0 Å². The Morgan fingerprint density at radius 2 is 1.46 bits per heavy atom. The molecule has 1 heterocycles. The molecule has 0 saturated heterocycles. The van der Waals surface area contributed by atoms with Gasteiger partial charge in [0.1, 0.15) is 10.7 Å². The molecule has 0 aliphatic carbocycles. The first-order valence-corrected chi connectivity index (χ1v) is 11.9. The molecule has 0 saturated carbocycles. The molecule has 6 nitrogen and oxygen atoms in total. The summed E-state index contributed by atoms with van der Waals surface area (Å²) in [7, 11) is 0. The van der Waals surface area contributed by atoms with Crippen molar-refractivity contribution < 1.29 is 14.4 Å². The third-order valence-electron chi connectivity index (χ3n) is 4.83. The van der Waals surface area contributed by atoms with Gasteiger partial charge in [-0.15, -0.1) is 0 Å². The van der Waals surface area contributed by atoms with E-state index in [4.69, 9.17) is 69.6 Å². The summed E-state index contributed by atoms with van der Waals surface area (Å²) < 4.78 is 0. The minimum atomic E-state index is -0.800. The van der Waals surface area contributed by atoms with E-state index in [1.807, 2.05) is 0 Å². The number of nitrogens with zero attached hydrogens (tertiary/aromatic N) is 1. The van der Waals surface area contributed by atoms with E-state index in [1.54, 1.807) is 30.3 Å². The minimum Gasteiger partial charge on any atom is -0.350 e. The van der Waals surface area contributed by atoms with Gasteiger partial charge < -0.3 is 10.6 Å². The lowest BCUT2D eigenvalue weighted by molar-refractivity contribution is -0.120. The first-order valence-electron chi connectivity index (χ1n) is 9.63. The van der Waals surface area contributed by atoms with Gasteiger partial charge in [0.15, 0.2) is 0 Å². The second-order valence-corrected chi connectivity index (χ2v) is 9.58. The lowest BCUT2D eigenvalue weighted by Gasteiger charge is -2.17. The number of anilines is 3. The van der Waals surface area contributed by atoms with E-state index >= 15 is 0 Å². The molecule has 35 heavy (non-hydrogen) atoms. The first-order chi connectivity index (χ1) is 16.6. The Kier molecular flexibility index (Phi) is 7.52. The monoisotopic (exact) mass is 587 g/mol. The fourth-order valence-electron chi connectivity index (χ4n) is 3.18. The molecule has 3 amide bonds. The first kappa shape index (κ1) is 25.6. The minimum absolute atomic E-state index is 0.0268. The second kappa shape index (κ2) is 10.3. The standard InChI is InChI=1S/C23H11Cl6N3O3/c24-11-4-5-17(15(27)7-11)31-21(33)10-2-1-3-12(6-10)30-20-19(29)22(34)32(23(20)35)18-9-14(26)13(25)8-16(18)28/h1-9,30H,(H,31,33). The highest BCUT2D eigenvalue weighted by molar-refractivity contribution is 6.54. The van der Waals surface area contributed by atoms with Gasteiger partial charge >= 0.3 is 0 Å². The van der Waals surface area contributed by atoms with E-state index in [1.165, 1.54) is 24.3 Å². The van der Waals surface area contributed by atoms with Crippen molar-refractivity contribution in [1.82, 2.24) is 0 Å². The quantitative estimate of drug-likeness (QED) is 0.237. The number of imide groups is 1. The highest BCUT2D eigenvalue weighted by Crippen LogP contribution is 2.38. The predicted octanol–water partition coefficient (Wildman–Crippen LogP) is 7.64. The molecule has 4 rings (SSSR count). The molecule has 2 N–H and O–H groups in total. The van der Waals surface area contributed by atoms with Gasteiger partial charge in [-0.25, -0.2) is 4.90 Å². The fourth-order valence-corrected chi connectivity index (χ4v) is 4.48. The van der Waals surface area contributed by atoms with Crippen LogP contribution in [0.1, 0.15) is 10.4 Å². The molecule has 0 unspecified atom stereocenters. The summed E-state index contributed by atoms with van der Waals surface area (Å²) in [5.41, 5.74) is 0.780. The molecule has 12 heteroatoms. The van der Waals surface area contributed by atoms with Crippen molar-refractivity contribution in [2.45, 2.75) is 0 Å². The molecule has 3 aromatic rings. The highest BCUT2D eigenvalue weighted by Gasteiger charge is 2.40. The Morgan fingerprint density at radius 3 is 2.17 bits per heavy atom. The molecule has 0 radical (unpaired) electrons. The Bertz CT molecular complexity index is 1440. The molecule has 0 fully saturated rings. The number of hydrogen-bond donors (Lipinski definition) is 2. The number of carbonyl (C=O) groups is 3. The number of nitrogens with one attached hydrogen (secondary N) is 2. The van der Waals surface area contributed by atoms with Gasteiger partial charge in [0.05, 0.1) is 31.5 Å². The van der Waals surface area contributed by atoms with Crippen LogP contribution < -0.4 is 15.5 Å². The average Bonchev–Trinajstić information content (AvgIpc) is 3.01. The topological polar surface area (TPSA) is 78.5 Å². The number of amides is 3. The maximum Gasteiger partial charge on any atom is 0.283 e. The van der Waals surface area contributed by atoms with Crippen molar-refractivity contribution in [3.05, 3.63) is 96.0 Å². The zero-order chi connectivity index (χ0) is 25.4. The Hall–Kier alpha value is -2.45. The summed E-state index contributed by atoms with van der Waals surface area (Å²) in [5, 5.41) is 6.12. The largest absolute Gasteiger partial charge is 0.350 e. The van der Waals surface area contributed by atoms with Crippen LogP contribution in [0.4, 0.5) is 17.1 Å². The van der Waals surface area contributed by atoms with Crippen LogP contribution in [0, 0.1) is 0 Å². The van der Waals surface area contributed by atoms with Gasteiger partial charge in [0.25, 0.3) is 17.7 Å². The zero-order valence-corrected chi connectivity index (χ0v) is 21.7. The van der Waals surface area contributed by atoms with E-state index in [9.17, 15) is 14.4 Å². The van der Waals surface area contributed by atoms with Gasteiger partial charge in [0, 0.05) is 16.3 Å². The highest BCUT2D eigenvalue weighted by atomic mass is 35.5. The van der Waals surface area contributed by atoms with Crippen LogP contribution in [0.5, 0.6) is 0 Å². The summed E-state index contributed by atoms with van der Waals surface area (Å²) in [4.78, 5) is 39.3. The number of carbonyl (C=O) groups excluding carboxylic acids is 3. The van der Waals surface area contributed by atoms with Crippen molar-refractivity contribution in [3.8, 4) is 0 Å². The van der Waals surface area contributed by atoms with Crippen LogP contribution in [0.15, 0.2) is 65.3 Å². The van der Waals surface area contributed by atoms with Crippen LogP contribution in [-0.4, -0.2) is 17.7 Å². The molecule has 1 aliphatic rings. The zero-order valence-electron chi connectivity index (χ0n) is 17.1. The molecule has 0 atom stereocenters. The van der Waals surface area contributed by atoms with Gasteiger partial charge in [-0.1, -0.05) is 75.7 Å². The summed E-state index contributed by atoms with van der Waals surface area (Å²) in [6.07, 6.45) is 0. The van der Waals surface area contributed by atoms with Crippen LogP contribution in [0.2, 0.25) is 25.1 Å². The Morgan fingerprint density at radius 1 is 0.743 bits per heavy atom. The van der Waals surface area contributed by atoms with Crippen molar-refractivity contribution in [2.24, 2.45) is 0 Å². The number of rotatable bonds is 5. The van der Waals surface area contributed by atoms with E-state index in [-0.39, 0.29) is 42.1 Å². The summed E-state index contributed by atoms with van der Waals surface area (Å²) in [6.45, 7) is 0. The van der Waals surface area contributed by atoms with Crippen LogP contribution in [0.3, 0.4) is 0 Å². The molecule has 178 valence electrons. The predicted molar refractivity (Wildman–Crippen MR) is 141 cm³/mol. The van der Waals surface area contributed by atoms with E-state index in [0.29, 0.717) is 16.4 Å². The molecular formula is C23H11Cl6N3O3. The molecule has 1 aliphatic heterocycles. The number of hydrogen-bond acceptors (Lipinski definition) is 4. The molecule has 0 spiro atoms. The fraction of sp³-hybridized carbons (Fsp3) is 0. The lowest BCUT2D eigenvalue weighted by atomic mass is 10.1. The van der Waals surface area contributed by atoms with Crippen LogP contribution >= 0.6 is 69.6 Å². The van der Waals surface area contributed by atoms with Crippen LogP contribution in [-0.2, 0) is 9.59 Å². The molecule has 0 bridgehead atoms. The third kappa shape index (κ3) is 5.23. The maximum absolute atomic E-state index is 13.1. The Balaban J connectivity index is 1.57. The summed E-state index contributed by atoms with van der Waals surface area (Å²) in [5.74, 6) is -2.02. The summed E-state index contributed by atoms with van der Waals surface area (Å²) in [6, 6.07) is 13.5.